The number of non-ortho nitro benzene ring substituents is 1. The second kappa shape index (κ2) is 6.49. The van der Waals surface area contributed by atoms with Crippen LogP contribution in [-0.4, -0.2) is 43.8 Å². The van der Waals surface area contributed by atoms with Crippen molar-refractivity contribution in [1.82, 2.24) is 9.62 Å². The molecule has 1 aromatic carbocycles. The number of halogens is 1. The fourth-order valence-corrected chi connectivity index (χ4v) is 3.44. The zero-order valence-electron chi connectivity index (χ0n) is 10.9. The molecule has 0 amide bonds. The highest BCUT2D eigenvalue weighted by atomic mass is 35.5. The molecule has 1 N–H and O–H groups in total. The Hall–Kier alpha value is -1.22. The number of nitro benzene ring substituents is 1. The number of nitrogens with one attached hydrogen (secondary N) is 1. The van der Waals surface area contributed by atoms with E-state index in [1.165, 1.54) is 35.6 Å². The summed E-state index contributed by atoms with van der Waals surface area (Å²) in [6.45, 7) is 1.42. The second-order valence-electron chi connectivity index (χ2n) is 4.42. The molecule has 9 heteroatoms. The van der Waals surface area contributed by atoms with E-state index in [1.807, 2.05) is 0 Å². The summed E-state index contributed by atoms with van der Waals surface area (Å²) in [5.74, 6) is 0. The van der Waals surface area contributed by atoms with E-state index in [1.54, 1.807) is 0 Å². The van der Waals surface area contributed by atoms with Crippen molar-refractivity contribution in [2.45, 2.75) is 17.4 Å². The third-order valence-corrected chi connectivity index (χ3v) is 5.20. The highest BCUT2D eigenvalue weighted by Gasteiger charge is 2.30. The lowest BCUT2D eigenvalue weighted by Crippen LogP contribution is -2.38. The van der Waals surface area contributed by atoms with Crippen LogP contribution < -0.4 is 5.32 Å². The van der Waals surface area contributed by atoms with Gasteiger partial charge in [-0.05, 0) is 25.1 Å². The largest absolute Gasteiger partial charge is 0.315 e. The van der Waals surface area contributed by atoms with Gasteiger partial charge >= 0.3 is 0 Å². The minimum absolute atomic E-state index is 0. The molecule has 1 unspecified atom stereocenters. The summed E-state index contributed by atoms with van der Waals surface area (Å²) < 4.78 is 26.0. The molecule has 1 fully saturated rings. The standard InChI is InChI=1S/C11H15N3O4S.ClH/c1-13(10-6-7-12-8-10)19(17,18)11-4-2-9(3-5-11)14(15)16;/h2-5,10,12H,6-8H2,1H3;1H. The van der Waals surface area contributed by atoms with Gasteiger partial charge in [0.2, 0.25) is 10.0 Å². The van der Waals surface area contributed by atoms with E-state index >= 15 is 0 Å². The number of rotatable bonds is 4. The van der Waals surface area contributed by atoms with Crippen molar-refractivity contribution < 1.29 is 13.3 Å². The Morgan fingerprint density at radius 1 is 1.35 bits per heavy atom. The zero-order valence-corrected chi connectivity index (χ0v) is 12.5. The lowest BCUT2D eigenvalue weighted by Gasteiger charge is -2.23. The third-order valence-electron chi connectivity index (χ3n) is 3.27. The maximum atomic E-state index is 12.3. The molecule has 0 aliphatic carbocycles. The summed E-state index contributed by atoms with van der Waals surface area (Å²) in [4.78, 5) is 10.1. The number of benzene rings is 1. The molecule has 1 aliphatic heterocycles. The van der Waals surface area contributed by atoms with Crippen LogP contribution in [0.5, 0.6) is 0 Å². The first kappa shape index (κ1) is 16.8. The average Bonchev–Trinajstić information content (AvgIpc) is 2.91. The number of hydrogen-bond donors (Lipinski definition) is 1. The number of nitrogens with zero attached hydrogens (tertiary/aromatic N) is 2. The van der Waals surface area contributed by atoms with Crippen LogP contribution in [0.3, 0.4) is 0 Å². The summed E-state index contributed by atoms with van der Waals surface area (Å²) in [5, 5.41) is 13.6. The topological polar surface area (TPSA) is 92.6 Å². The summed E-state index contributed by atoms with van der Waals surface area (Å²) in [7, 11) is -2.06. The molecular formula is C11H16ClN3O4S. The first-order valence-electron chi connectivity index (χ1n) is 5.86. The Balaban J connectivity index is 0.00000200. The van der Waals surface area contributed by atoms with Crippen molar-refractivity contribution in [3.05, 3.63) is 34.4 Å². The van der Waals surface area contributed by atoms with Gasteiger partial charge in [0.25, 0.3) is 5.69 Å². The van der Waals surface area contributed by atoms with Crippen LogP contribution in [0.2, 0.25) is 0 Å². The van der Waals surface area contributed by atoms with Crippen LogP contribution in [0, 0.1) is 10.1 Å². The molecule has 0 aromatic heterocycles. The maximum absolute atomic E-state index is 12.3. The van der Waals surface area contributed by atoms with Gasteiger partial charge in [0.05, 0.1) is 9.82 Å². The molecule has 1 atom stereocenters. The van der Waals surface area contributed by atoms with Crippen molar-refractivity contribution in [3.8, 4) is 0 Å². The zero-order chi connectivity index (χ0) is 14.0. The van der Waals surface area contributed by atoms with Gasteiger partial charge < -0.3 is 5.32 Å². The van der Waals surface area contributed by atoms with Crippen LogP contribution in [-0.2, 0) is 10.0 Å². The maximum Gasteiger partial charge on any atom is 0.269 e. The summed E-state index contributed by atoms with van der Waals surface area (Å²) >= 11 is 0. The van der Waals surface area contributed by atoms with Crippen LogP contribution in [0.1, 0.15) is 6.42 Å². The van der Waals surface area contributed by atoms with E-state index in [-0.39, 0.29) is 29.0 Å². The van der Waals surface area contributed by atoms with Crippen molar-refractivity contribution in [3.63, 3.8) is 0 Å². The molecule has 2 rings (SSSR count). The Morgan fingerprint density at radius 3 is 2.40 bits per heavy atom. The van der Waals surface area contributed by atoms with Crippen LogP contribution in [0.15, 0.2) is 29.2 Å². The van der Waals surface area contributed by atoms with E-state index in [4.69, 9.17) is 0 Å². The summed E-state index contributed by atoms with van der Waals surface area (Å²) in [6.07, 6.45) is 0.767. The van der Waals surface area contributed by atoms with E-state index in [0.29, 0.717) is 6.54 Å². The molecule has 0 spiro atoms. The normalized spacial score (nSPS) is 18.8. The Kier molecular flexibility index (Phi) is 5.46. The highest BCUT2D eigenvalue weighted by Crippen LogP contribution is 2.21. The van der Waals surface area contributed by atoms with Gasteiger partial charge in [-0.2, -0.15) is 4.31 Å². The van der Waals surface area contributed by atoms with E-state index in [2.05, 4.69) is 5.32 Å². The minimum Gasteiger partial charge on any atom is -0.315 e. The molecule has 20 heavy (non-hydrogen) atoms. The first-order valence-corrected chi connectivity index (χ1v) is 7.30. The number of hydrogen-bond acceptors (Lipinski definition) is 5. The fraction of sp³-hybridized carbons (Fsp3) is 0.455. The van der Waals surface area contributed by atoms with Crippen molar-refractivity contribution in [1.29, 1.82) is 0 Å². The van der Waals surface area contributed by atoms with E-state index in [0.717, 1.165) is 13.0 Å². The third kappa shape index (κ3) is 3.26. The highest BCUT2D eigenvalue weighted by molar-refractivity contribution is 7.89. The van der Waals surface area contributed by atoms with Crippen molar-refractivity contribution >= 4 is 28.1 Å². The van der Waals surface area contributed by atoms with Gasteiger partial charge in [-0.3, -0.25) is 10.1 Å². The number of likely N-dealkylation sites (N-methyl/N-ethyl adjacent to an activating group) is 1. The summed E-state index contributed by atoms with van der Waals surface area (Å²) in [5.41, 5.74) is -0.121. The van der Waals surface area contributed by atoms with Gasteiger partial charge in [-0.1, -0.05) is 0 Å². The second-order valence-corrected chi connectivity index (χ2v) is 6.42. The SMILES string of the molecule is CN(C1CCNC1)S(=O)(=O)c1ccc([N+](=O)[O-])cc1.Cl. The number of sulfonamides is 1. The lowest BCUT2D eigenvalue weighted by molar-refractivity contribution is -0.384. The molecule has 1 aliphatic rings. The van der Waals surface area contributed by atoms with Gasteiger partial charge in [0.1, 0.15) is 0 Å². The molecule has 0 saturated carbocycles. The molecule has 1 heterocycles. The molecular weight excluding hydrogens is 306 g/mol. The van der Waals surface area contributed by atoms with Crippen LogP contribution in [0.25, 0.3) is 0 Å². The van der Waals surface area contributed by atoms with Crippen LogP contribution >= 0.6 is 12.4 Å². The quantitative estimate of drug-likeness (QED) is 0.659. The average molecular weight is 322 g/mol. The minimum atomic E-state index is -3.59. The Labute approximate surface area is 123 Å². The monoisotopic (exact) mass is 321 g/mol. The fourth-order valence-electron chi connectivity index (χ4n) is 2.05. The number of nitro groups is 1. The van der Waals surface area contributed by atoms with Crippen molar-refractivity contribution in [2.75, 3.05) is 20.1 Å². The predicted molar refractivity (Wildman–Crippen MR) is 76.6 cm³/mol. The predicted octanol–water partition coefficient (Wildman–Crippen LogP) is 0.999. The Bertz CT molecular complexity index is 570. The molecule has 0 bridgehead atoms. The Morgan fingerprint density at radius 2 is 1.95 bits per heavy atom. The van der Waals surface area contributed by atoms with Crippen molar-refractivity contribution in [2.24, 2.45) is 0 Å². The van der Waals surface area contributed by atoms with Gasteiger partial charge in [0.15, 0.2) is 0 Å². The van der Waals surface area contributed by atoms with E-state index < -0.39 is 14.9 Å². The van der Waals surface area contributed by atoms with Gasteiger partial charge in [0, 0.05) is 31.8 Å². The van der Waals surface area contributed by atoms with Crippen LogP contribution in [0.4, 0.5) is 5.69 Å². The first-order chi connectivity index (χ1) is 8.93. The summed E-state index contributed by atoms with van der Waals surface area (Å²) in [6, 6.07) is 4.88. The van der Waals surface area contributed by atoms with E-state index in [9.17, 15) is 18.5 Å². The van der Waals surface area contributed by atoms with Gasteiger partial charge in [-0.25, -0.2) is 8.42 Å². The smallest absolute Gasteiger partial charge is 0.269 e. The molecule has 112 valence electrons. The molecule has 1 saturated heterocycles. The molecule has 0 radical (unpaired) electrons. The molecule has 7 nitrogen and oxygen atoms in total. The lowest BCUT2D eigenvalue weighted by atomic mass is 10.3. The molecule has 1 aromatic rings. The van der Waals surface area contributed by atoms with Gasteiger partial charge in [-0.15, -0.1) is 12.4 Å².